The van der Waals surface area contributed by atoms with Crippen molar-refractivity contribution in [1.29, 1.82) is 0 Å². The third-order valence-corrected chi connectivity index (χ3v) is 2.19. The largest absolute Gasteiger partial charge is 0.372 e. The first-order valence-corrected chi connectivity index (χ1v) is 4.13. The number of hydrogen-bond donors (Lipinski definition) is 1. The molecule has 4 nitrogen and oxygen atoms in total. The maximum Gasteiger partial charge on any atom is 0.101 e. The van der Waals surface area contributed by atoms with E-state index in [0.29, 0.717) is 0 Å². The van der Waals surface area contributed by atoms with Gasteiger partial charge in [-0.05, 0) is 6.42 Å². The quantitative estimate of drug-likeness (QED) is 0.650. The first kappa shape index (κ1) is 7.76. The highest BCUT2D eigenvalue weighted by molar-refractivity contribution is 5.11. The Morgan fingerprint density at radius 2 is 2.58 bits per heavy atom. The molecule has 2 atom stereocenters. The van der Waals surface area contributed by atoms with Crippen molar-refractivity contribution in [2.45, 2.75) is 18.6 Å². The molecule has 0 saturated carbocycles. The molecule has 1 aliphatic rings. The van der Waals surface area contributed by atoms with Gasteiger partial charge in [0, 0.05) is 31.5 Å². The summed E-state index contributed by atoms with van der Waals surface area (Å²) in [5, 5.41) is 4.08. The van der Waals surface area contributed by atoms with Crippen LogP contribution < -0.4 is 5.73 Å². The van der Waals surface area contributed by atoms with E-state index in [2.05, 4.69) is 5.10 Å². The molecule has 0 aromatic carbocycles. The Morgan fingerprint density at radius 1 is 1.75 bits per heavy atom. The highest BCUT2D eigenvalue weighted by atomic mass is 16.5. The fraction of sp³-hybridized carbons (Fsp3) is 0.625. The molecule has 66 valence electrons. The standard InChI is InChI=1S/C8H13N3O/c1-11-5-6(4-10-11)8-7(9)2-3-12-8/h4-5,7-8H,2-3,9H2,1H3/t7-,8+/m0/s1. The van der Waals surface area contributed by atoms with Gasteiger partial charge in [0.15, 0.2) is 0 Å². The zero-order valence-corrected chi connectivity index (χ0v) is 7.10. The van der Waals surface area contributed by atoms with Gasteiger partial charge in [0.05, 0.1) is 6.20 Å². The number of ether oxygens (including phenoxy) is 1. The highest BCUT2D eigenvalue weighted by Gasteiger charge is 2.27. The Morgan fingerprint density at radius 3 is 3.08 bits per heavy atom. The Labute approximate surface area is 71.3 Å². The van der Waals surface area contributed by atoms with Crippen LogP contribution in [0.5, 0.6) is 0 Å². The average molecular weight is 167 g/mol. The molecule has 2 heterocycles. The van der Waals surface area contributed by atoms with E-state index in [-0.39, 0.29) is 12.1 Å². The Bertz CT molecular complexity index is 271. The normalized spacial score (nSPS) is 29.5. The second-order valence-corrected chi connectivity index (χ2v) is 3.19. The molecule has 12 heavy (non-hydrogen) atoms. The van der Waals surface area contributed by atoms with Crippen LogP contribution in [-0.4, -0.2) is 22.4 Å². The van der Waals surface area contributed by atoms with E-state index in [1.54, 1.807) is 4.68 Å². The number of aryl methyl sites for hydroxylation is 1. The van der Waals surface area contributed by atoms with Crippen molar-refractivity contribution in [2.75, 3.05) is 6.61 Å². The van der Waals surface area contributed by atoms with Crippen LogP contribution in [0.4, 0.5) is 0 Å². The van der Waals surface area contributed by atoms with Crippen molar-refractivity contribution in [3.63, 3.8) is 0 Å². The number of hydrogen-bond acceptors (Lipinski definition) is 3. The predicted molar refractivity (Wildman–Crippen MR) is 44.5 cm³/mol. The molecule has 0 unspecified atom stereocenters. The van der Waals surface area contributed by atoms with E-state index in [0.717, 1.165) is 18.6 Å². The first-order chi connectivity index (χ1) is 5.77. The van der Waals surface area contributed by atoms with Gasteiger partial charge in [-0.2, -0.15) is 5.10 Å². The lowest BCUT2D eigenvalue weighted by atomic mass is 10.1. The van der Waals surface area contributed by atoms with Crippen LogP contribution in [0.3, 0.4) is 0 Å². The minimum absolute atomic E-state index is 0.0544. The lowest BCUT2D eigenvalue weighted by Crippen LogP contribution is -2.23. The molecule has 1 saturated heterocycles. The number of nitrogens with two attached hydrogens (primary N) is 1. The topological polar surface area (TPSA) is 53.1 Å². The molecule has 4 heteroatoms. The van der Waals surface area contributed by atoms with E-state index in [1.807, 2.05) is 19.4 Å². The van der Waals surface area contributed by atoms with Gasteiger partial charge in [-0.25, -0.2) is 0 Å². The summed E-state index contributed by atoms with van der Waals surface area (Å²) in [5.41, 5.74) is 6.94. The number of aromatic nitrogens is 2. The Balaban J connectivity index is 2.19. The van der Waals surface area contributed by atoms with Gasteiger partial charge in [0.2, 0.25) is 0 Å². The summed E-state index contributed by atoms with van der Waals surface area (Å²) in [6.45, 7) is 0.765. The molecule has 0 amide bonds. The molecule has 0 spiro atoms. The summed E-state index contributed by atoms with van der Waals surface area (Å²) >= 11 is 0. The minimum Gasteiger partial charge on any atom is -0.372 e. The maximum atomic E-state index is 5.86. The van der Waals surface area contributed by atoms with Crippen LogP contribution in [0.2, 0.25) is 0 Å². The summed E-state index contributed by atoms with van der Waals surface area (Å²) in [7, 11) is 1.89. The maximum absolute atomic E-state index is 5.86. The van der Waals surface area contributed by atoms with Gasteiger partial charge in [-0.15, -0.1) is 0 Å². The number of nitrogens with zero attached hydrogens (tertiary/aromatic N) is 2. The number of rotatable bonds is 1. The van der Waals surface area contributed by atoms with Crippen molar-refractivity contribution in [2.24, 2.45) is 12.8 Å². The second kappa shape index (κ2) is 2.88. The smallest absolute Gasteiger partial charge is 0.101 e. The van der Waals surface area contributed by atoms with Gasteiger partial charge in [-0.3, -0.25) is 4.68 Å². The summed E-state index contributed by atoms with van der Waals surface area (Å²) in [4.78, 5) is 0. The fourth-order valence-electron chi connectivity index (χ4n) is 1.54. The Kier molecular flexibility index (Phi) is 1.86. The zero-order valence-electron chi connectivity index (χ0n) is 7.10. The van der Waals surface area contributed by atoms with Crippen LogP contribution in [0.1, 0.15) is 18.1 Å². The lowest BCUT2D eigenvalue weighted by molar-refractivity contribution is 0.105. The molecule has 1 aromatic rings. The summed E-state index contributed by atoms with van der Waals surface area (Å²) in [6.07, 6.45) is 4.77. The molecule has 1 aliphatic heterocycles. The van der Waals surface area contributed by atoms with Crippen LogP contribution in [-0.2, 0) is 11.8 Å². The van der Waals surface area contributed by atoms with Crippen molar-refractivity contribution in [3.8, 4) is 0 Å². The average Bonchev–Trinajstić information content (AvgIpc) is 2.58. The summed E-state index contributed by atoms with van der Waals surface area (Å²) < 4.78 is 7.25. The van der Waals surface area contributed by atoms with E-state index in [1.165, 1.54) is 0 Å². The van der Waals surface area contributed by atoms with Crippen LogP contribution in [0.15, 0.2) is 12.4 Å². The third kappa shape index (κ3) is 1.23. The van der Waals surface area contributed by atoms with Crippen LogP contribution in [0, 0.1) is 0 Å². The van der Waals surface area contributed by atoms with Gasteiger partial charge in [0.1, 0.15) is 6.10 Å². The van der Waals surface area contributed by atoms with E-state index >= 15 is 0 Å². The Hall–Kier alpha value is -0.870. The van der Waals surface area contributed by atoms with Crippen LogP contribution in [0.25, 0.3) is 0 Å². The molecule has 1 aromatic heterocycles. The first-order valence-electron chi connectivity index (χ1n) is 4.13. The van der Waals surface area contributed by atoms with Crippen molar-refractivity contribution >= 4 is 0 Å². The van der Waals surface area contributed by atoms with Gasteiger partial charge in [0.25, 0.3) is 0 Å². The van der Waals surface area contributed by atoms with E-state index in [4.69, 9.17) is 10.5 Å². The molecule has 0 radical (unpaired) electrons. The van der Waals surface area contributed by atoms with Gasteiger partial charge >= 0.3 is 0 Å². The monoisotopic (exact) mass is 167 g/mol. The predicted octanol–water partition coefficient (Wildman–Crippen LogP) is 0.209. The van der Waals surface area contributed by atoms with Gasteiger partial charge in [-0.1, -0.05) is 0 Å². The third-order valence-electron chi connectivity index (χ3n) is 2.19. The molecule has 2 rings (SSSR count). The molecule has 0 bridgehead atoms. The van der Waals surface area contributed by atoms with E-state index in [9.17, 15) is 0 Å². The van der Waals surface area contributed by atoms with Crippen molar-refractivity contribution in [1.82, 2.24) is 9.78 Å². The molecular weight excluding hydrogens is 154 g/mol. The minimum atomic E-state index is 0.0544. The fourth-order valence-corrected chi connectivity index (χ4v) is 1.54. The van der Waals surface area contributed by atoms with Gasteiger partial charge < -0.3 is 10.5 Å². The molecule has 1 fully saturated rings. The van der Waals surface area contributed by atoms with Crippen LogP contribution >= 0.6 is 0 Å². The van der Waals surface area contributed by atoms with Crippen molar-refractivity contribution in [3.05, 3.63) is 18.0 Å². The second-order valence-electron chi connectivity index (χ2n) is 3.19. The molecule has 2 N–H and O–H groups in total. The molecular formula is C8H13N3O. The van der Waals surface area contributed by atoms with E-state index < -0.39 is 0 Å². The summed E-state index contributed by atoms with van der Waals surface area (Å²) in [5.74, 6) is 0. The molecule has 0 aliphatic carbocycles. The highest BCUT2D eigenvalue weighted by Crippen LogP contribution is 2.26. The summed E-state index contributed by atoms with van der Waals surface area (Å²) in [6, 6.07) is 0.134. The zero-order chi connectivity index (χ0) is 8.55. The SMILES string of the molecule is Cn1cc([C@H]2OCC[C@@H]2N)cn1. The lowest BCUT2D eigenvalue weighted by Gasteiger charge is -2.11. The van der Waals surface area contributed by atoms with Crippen molar-refractivity contribution < 1.29 is 4.74 Å².